The van der Waals surface area contributed by atoms with E-state index in [-0.39, 0.29) is 23.2 Å². The largest absolute Gasteiger partial charge is 0.457 e. The van der Waals surface area contributed by atoms with E-state index in [0.717, 1.165) is 6.07 Å². The monoisotopic (exact) mass is 410 g/mol. The molecule has 0 unspecified atom stereocenters. The fourth-order valence-electron chi connectivity index (χ4n) is 2.15. The van der Waals surface area contributed by atoms with Crippen LogP contribution >= 0.6 is 23.2 Å². The number of non-ortho nitro benzene ring substituents is 2. The zero-order valence-electron chi connectivity index (χ0n) is 13.2. The molecule has 13 heteroatoms. The van der Waals surface area contributed by atoms with Crippen molar-refractivity contribution in [3.8, 4) is 11.7 Å². The molecule has 0 fully saturated rings. The van der Waals surface area contributed by atoms with Crippen LogP contribution in [0.4, 0.5) is 11.4 Å². The van der Waals surface area contributed by atoms with E-state index in [9.17, 15) is 20.2 Å². The van der Waals surface area contributed by atoms with Crippen LogP contribution in [0.2, 0.25) is 10.0 Å². The number of ether oxygens (including phenoxy) is 1. The summed E-state index contributed by atoms with van der Waals surface area (Å²) in [5.41, 5.74) is -0.173. The van der Waals surface area contributed by atoms with Crippen molar-refractivity contribution >= 4 is 34.6 Å². The number of tetrazole rings is 1. The average molecular weight is 411 g/mol. The summed E-state index contributed by atoms with van der Waals surface area (Å²) in [6, 6.07) is 7.84. The van der Waals surface area contributed by atoms with Crippen LogP contribution < -0.4 is 4.74 Å². The lowest BCUT2D eigenvalue weighted by Gasteiger charge is -2.07. The van der Waals surface area contributed by atoms with Gasteiger partial charge >= 0.3 is 6.01 Å². The van der Waals surface area contributed by atoms with Gasteiger partial charge < -0.3 is 4.74 Å². The van der Waals surface area contributed by atoms with Crippen molar-refractivity contribution in [1.82, 2.24) is 20.2 Å². The molecule has 138 valence electrons. The highest BCUT2D eigenvalue weighted by molar-refractivity contribution is 6.42. The molecule has 0 saturated carbocycles. The topological polar surface area (TPSA) is 139 Å². The second kappa shape index (κ2) is 7.51. The minimum atomic E-state index is -0.726. The minimum absolute atomic E-state index is 0.0393. The Bertz CT molecular complexity index is 1010. The second-order valence-electron chi connectivity index (χ2n) is 5.13. The Morgan fingerprint density at radius 2 is 1.67 bits per heavy atom. The minimum Gasteiger partial charge on any atom is -0.457 e. The fourth-order valence-corrected chi connectivity index (χ4v) is 2.44. The zero-order valence-corrected chi connectivity index (χ0v) is 14.7. The standard InChI is InChI=1S/C14H8Cl2N6O5/c15-12-2-1-9(6-13(12)16)20-14(17-18-19-20)27-7-8-3-10(21(23)24)5-11(4-8)22(25)26/h1-6H,7H2. The Morgan fingerprint density at radius 1 is 1.00 bits per heavy atom. The molecular weight excluding hydrogens is 403 g/mol. The highest BCUT2D eigenvalue weighted by Gasteiger charge is 2.18. The molecule has 0 spiro atoms. The highest BCUT2D eigenvalue weighted by atomic mass is 35.5. The van der Waals surface area contributed by atoms with Crippen molar-refractivity contribution < 1.29 is 14.6 Å². The van der Waals surface area contributed by atoms with Crippen LogP contribution in [0.1, 0.15) is 5.56 Å². The fraction of sp³-hybridized carbons (Fsp3) is 0.0714. The molecule has 0 atom stereocenters. The third-order valence-corrected chi connectivity index (χ3v) is 4.08. The van der Waals surface area contributed by atoms with Crippen LogP contribution in [0.3, 0.4) is 0 Å². The molecule has 27 heavy (non-hydrogen) atoms. The predicted molar refractivity (Wildman–Crippen MR) is 93.3 cm³/mol. The number of aromatic nitrogens is 4. The van der Waals surface area contributed by atoms with Gasteiger partial charge in [-0.3, -0.25) is 20.2 Å². The summed E-state index contributed by atoms with van der Waals surface area (Å²) < 4.78 is 6.69. The van der Waals surface area contributed by atoms with Crippen molar-refractivity contribution in [2.24, 2.45) is 0 Å². The van der Waals surface area contributed by atoms with Crippen LogP contribution in [0.25, 0.3) is 5.69 Å². The molecular formula is C14H8Cl2N6O5. The molecule has 0 radical (unpaired) electrons. The van der Waals surface area contributed by atoms with Crippen LogP contribution in [0.5, 0.6) is 6.01 Å². The maximum Gasteiger partial charge on any atom is 0.340 e. The third-order valence-electron chi connectivity index (χ3n) is 3.34. The van der Waals surface area contributed by atoms with Gasteiger partial charge in [0.2, 0.25) is 0 Å². The number of nitro benzene ring substituents is 2. The zero-order chi connectivity index (χ0) is 19.6. The first-order chi connectivity index (χ1) is 12.8. The van der Waals surface area contributed by atoms with E-state index in [2.05, 4.69) is 15.5 Å². The summed E-state index contributed by atoms with van der Waals surface area (Å²) in [7, 11) is 0. The van der Waals surface area contributed by atoms with Crippen LogP contribution in [-0.2, 0) is 6.61 Å². The van der Waals surface area contributed by atoms with E-state index >= 15 is 0 Å². The predicted octanol–water partition coefficient (Wildman–Crippen LogP) is 3.36. The van der Waals surface area contributed by atoms with Crippen LogP contribution in [0, 0.1) is 20.2 Å². The van der Waals surface area contributed by atoms with Gasteiger partial charge in [0, 0.05) is 17.7 Å². The molecule has 0 aliphatic rings. The van der Waals surface area contributed by atoms with Crippen molar-refractivity contribution in [3.05, 3.63) is 72.2 Å². The lowest BCUT2D eigenvalue weighted by molar-refractivity contribution is -0.394. The molecule has 11 nitrogen and oxygen atoms in total. The van der Waals surface area contributed by atoms with E-state index < -0.39 is 21.2 Å². The molecule has 0 saturated heterocycles. The summed E-state index contributed by atoms with van der Waals surface area (Å²) in [4.78, 5) is 20.4. The van der Waals surface area contributed by atoms with E-state index in [1.807, 2.05) is 0 Å². The quantitative estimate of drug-likeness (QED) is 0.444. The maximum atomic E-state index is 10.9. The first-order valence-electron chi connectivity index (χ1n) is 7.14. The molecule has 0 bridgehead atoms. The summed E-state index contributed by atoms with van der Waals surface area (Å²) in [5.74, 6) is 0. The smallest absolute Gasteiger partial charge is 0.340 e. The average Bonchev–Trinajstić information content (AvgIpc) is 3.10. The Balaban J connectivity index is 1.86. The van der Waals surface area contributed by atoms with Gasteiger partial charge in [0.25, 0.3) is 11.4 Å². The summed E-state index contributed by atoms with van der Waals surface area (Å²) >= 11 is 11.8. The van der Waals surface area contributed by atoms with Gasteiger partial charge in [-0.05, 0) is 28.6 Å². The van der Waals surface area contributed by atoms with Gasteiger partial charge in [0.05, 0.1) is 31.6 Å². The lowest BCUT2D eigenvalue weighted by Crippen LogP contribution is -2.05. The van der Waals surface area contributed by atoms with Crippen LogP contribution in [0.15, 0.2) is 36.4 Å². The van der Waals surface area contributed by atoms with Crippen molar-refractivity contribution in [3.63, 3.8) is 0 Å². The number of rotatable bonds is 6. The molecule has 0 aliphatic carbocycles. The number of benzene rings is 2. The first-order valence-corrected chi connectivity index (χ1v) is 7.90. The van der Waals surface area contributed by atoms with Crippen molar-refractivity contribution in [2.45, 2.75) is 6.61 Å². The van der Waals surface area contributed by atoms with Gasteiger partial charge in [-0.2, -0.15) is 4.68 Å². The molecule has 0 amide bonds. The normalized spacial score (nSPS) is 10.6. The van der Waals surface area contributed by atoms with Gasteiger partial charge in [-0.15, -0.1) is 0 Å². The summed E-state index contributed by atoms with van der Waals surface area (Å²) in [6.07, 6.45) is 0. The van der Waals surface area contributed by atoms with Crippen molar-refractivity contribution in [2.75, 3.05) is 0 Å². The Hall–Kier alpha value is -3.31. The lowest BCUT2D eigenvalue weighted by atomic mass is 10.2. The SMILES string of the molecule is O=[N+]([O-])c1cc(COc2nnnn2-c2ccc(Cl)c(Cl)c2)cc([N+](=O)[O-])c1. The third kappa shape index (κ3) is 4.10. The highest BCUT2D eigenvalue weighted by Crippen LogP contribution is 2.26. The second-order valence-corrected chi connectivity index (χ2v) is 5.95. The summed E-state index contributed by atoms with van der Waals surface area (Å²) in [6.45, 7) is -0.232. The number of nitro groups is 2. The van der Waals surface area contributed by atoms with Gasteiger partial charge in [-0.25, -0.2) is 0 Å². The Kier molecular flexibility index (Phi) is 5.14. The van der Waals surface area contributed by atoms with Gasteiger partial charge in [-0.1, -0.05) is 28.3 Å². The maximum absolute atomic E-state index is 10.9. The van der Waals surface area contributed by atoms with Crippen LogP contribution in [-0.4, -0.2) is 30.1 Å². The first kappa shape index (κ1) is 18.5. The van der Waals surface area contributed by atoms with E-state index in [0.29, 0.717) is 10.7 Å². The van der Waals surface area contributed by atoms with E-state index in [1.54, 1.807) is 12.1 Å². The Labute approximate surface area is 160 Å². The summed E-state index contributed by atoms with van der Waals surface area (Å²) in [5, 5.41) is 33.5. The number of halogens is 2. The molecule has 1 heterocycles. The van der Waals surface area contributed by atoms with Crippen molar-refractivity contribution in [1.29, 1.82) is 0 Å². The molecule has 1 aromatic heterocycles. The molecule has 0 aliphatic heterocycles. The van der Waals surface area contributed by atoms with Gasteiger partial charge in [0.1, 0.15) is 6.61 Å². The molecule has 2 aromatic carbocycles. The molecule has 0 N–H and O–H groups in total. The molecule has 3 aromatic rings. The van der Waals surface area contributed by atoms with E-state index in [4.69, 9.17) is 27.9 Å². The van der Waals surface area contributed by atoms with Gasteiger partial charge in [0.15, 0.2) is 0 Å². The number of nitrogens with zero attached hydrogens (tertiary/aromatic N) is 6. The number of hydrogen-bond acceptors (Lipinski definition) is 8. The molecule has 3 rings (SSSR count). The number of hydrogen-bond donors (Lipinski definition) is 0. The van der Waals surface area contributed by atoms with E-state index in [1.165, 1.54) is 22.9 Å². The Morgan fingerprint density at radius 3 is 2.26 bits per heavy atom.